The zero-order chi connectivity index (χ0) is 6.41. The Morgan fingerprint density at radius 1 is 1.38 bits per heavy atom. The molecule has 0 saturated heterocycles. The van der Waals surface area contributed by atoms with Crippen LogP contribution in [-0.2, 0) is 8.85 Å². The summed E-state index contributed by atoms with van der Waals surface area (Å²) in [4.78, 5) is 0. The molecule has 8 heavy (non-hydrogen) atoms. The highest BCUT2D eigenvalue weighted by Crippen LogP contribution is 1.92. The Bertz CT molecular complexity index is 45.7. The summed E-state index contributed by atoms with van der Waals surface area (Å²) in [5.74, 6) is 0. The van der Waals surface area contributed by atoms with Gasteiger partial charge < -0.3 is 8.85 Å². The van der Waals surface area contributed by atoms with Crippen LogP contribution >= 0.6 is 0 Å². The van der Waals surface area contributed by atoms with E-state index in [9.17, 15) is 0 Å². The summed E-state index contributed by atoms with van der Waals surface area (Å²) in [6.45, 7) is 4.84. The van der Waals surface area contributed by atoms with Crippen LogP contribution in [0.4, 0.5) is 0 Å². The molecule has 0 N–H and O–H groups in total. The highest BCUT2D eigenvalue weighted by Gasteiger charge is 2.07. The molecule has 0 aliphatic rings. The first kappa shape index (κ1) is 8.14. The highest BCUT2D eigenvalue weighted by molar-refractivity contribution is 6.44. The first-order chi connectivity index (χ1) is 3.85. The van der Waals surface area contributed by atoms with E-state index < -0.39 is 9.28 Å². The van der Waals surface area contributed by atoms with E-state index in [0.717, 1.165) is 12.7 Å². The molecule has 0 atom stereocenters. The zero-order valence-corrected chi connectivity index (χ0v) is 6.73. The summed E-state index contributed by atoms with van der Waals surface area (Å²) in [5, 5.41) is 0. The second-order valence-corrected chi connectivity index (χ2v) is 3.51. The molecule has 2 nitrogen and oxygen atoms in total. The lowest BCUT2D eigenvalue weighted by Gasteiger charge is -2.06. The first-order valence-electron chi connectivity index (χ1n) is 2.87. The third kappa shape index (κ3) is 3.18. The van der Waals surface area contributed by atoms with Crippen molar-refractivity contribution in [2.75, 3.05) is 13.7 Å². The van der Waals surface area contributed by atoms with Crippen molar-refractivity contribution in [3.05, 3.63) is 0 Å². The molecule has 0 aromatic heterocycles. The predicted molar refractivity (Wildman–Crippen MR) is 34.9 cm³/mol. The molecule has 0 aromatic carbocycles. The third-order valence-corrected chi connectivity index (χ3v) is 2.47. The van der Waals surface area contributed by atoms with Gasteiger partial charge in [-0.25, -0.2) is 0 Å². The van der Waals surface area contributed by atoms with Crippen LogP contribution in [-0.4, -0.2) is 23.0 Å². The Morgan fingerprint density at radius 3 is 2.12 bits per heavy atom. The van der Waals surface area contributed by atoms with Gasteiger partial charge in [0.05, 0.1) is 0 Å². The largest absolute Gasteiger partial charge is 0.397 e. The van der Waals surface area contributed by atoms with E-state index in [4.69, 9.17) is 8.85 Å². The fourth-order valence-electron chi connectivity index (χ4n) is 0.466. The van der Waals surface area contributed by atoms with Crippen LogP contribution in [0.2, 0.25) is 6.04 Å². The van der Waals surface area contributed by atoms with E-state index in [-0.39, 0.29) is 0 Å². The SMILES string of the molecule is CCO[Si](CC)OC. The Balaban J connectivity index is 3.07. The molecule has 0 amide bonds. The summed E-state index contributed by atoms with van der Waals surface area (Å²) in [6.07, 6.45) is 0. The molecule has 0 aliphatic carbocycles. The van der Waals surface area contributed by atoms with Crippen molar-refractivity contribution in [2.45, 2.75) is 19.9 Å². The maximum absolute atomic E-state index is 5.22. The van der Waals surface area contributed by atoms with Crippen molar-refractivity contribution in [3.63, 3.8) is 0 Å². The van der Waals surface area contributed by atoms with E-state index in [2.05, 4.69) is 6.92 Å². The Labute approximate surface area is 52.7 Å². The minimum absolute atomic E-state index is 0.774. The third-order valence-electron chi connectivity index (χ3n) is 0.822. The topological polar surface area (TPSA) is 18.5 Å². The van der Waals surface area contributed by atoms with Crippen LogP contribution < -0.4 is 0 Å². The van der Waals surface area contributed by atoms with Crippen molar-refractivity contribution in [3.8, 4) is 0 Å². The molecule has 0 saturated carbocycles. The minimum Gasteiger partial charge on any atom is -0.397 e. The standard InChI is InChI=1S/C5H13O2Si/c1-4-7-8(5-2)6-3/h4-5H2,1-3H3. The average molecular weight is 133 g/mol. The van der Waals surface area contributed by atoms with Crippen molar-refractivity contribution < 1.29 is 8.85 Å². The molecular weight excluding hydrogens is 120 g/mol. The molecule has 49 valence electrons. The monoisotopic (exact) mass is 133 g/mol. The molecule has 0 fully saturated rings. The predicted octanol–water partition coefficient (Wildman–Crippen LogP) is 1.18. The fraction of sp³-hybridized carbons (Fsp3) is 1.00. The highest BCUT2D eigenvalue weighted by atomic mass is 28.3. The molecule has 3 heteroatoms. The van der Waals surface area contributed by atoms with Gasteiger partial charge >= 0.3 is 9.28 Å². The summed E-state index contributed by atoms with van der Waals surface area (Å²) in [5.41, 5.74) is 0. The average Bonchev–Trinajstić information content (AvgIpc) is 1.83. The summed E-state index contributed by atoms with van der Waals surface area (Å²) in [7, 11) is 0.828. The van der Waals surface area contributed by atoms with Gasteiger partial charge in [0.1, 0.15) is 0 Å². The first-order valence-corrected chi connectivity index (χ1v) is 4.40. The second-order valence-electron chi connectivity index (χ2n) is 1.36. The van der Waals surface area contributed by atoms with Gasteiger partial charge in [-0.05, 0) is 13.0 Å². The molecule has 1 radical (unpaired) electrons. The van der Waals surface area contributed by atoms with Crippen LogP contribution in [0.3, 0.4) is 0 Å². The Morgan fingerprint density at radius 2 is 2.00 bits per heavy atom. The number of hydrogen-bond acceptors (Lipinski definition) is 2. The molecule has 0 aromatic rings. The van der Waals surface area contributed by atoms with E-state index in [1.165, 1.54) is 0 Å². The van der Waals surface area contributed by atoms with Gasteiger partial charge in [-0.2, -0.15) is 0 Å². The van der Waals surface area contributed by atoms with Gasteiger partial charge in [-0.1, -0.05) is 6.92 Å². The summed E-state index contributed by atoms with van der Waals surface area (Å²) >= 11 is 0. The number of rotatable bonds is 4. The van der Waals surface area contributed by atoms with Crippen LogP contribution in [0.25, 0.3) is 0 Å². The molecule has 0 spiro atoms. The molecule has 0 rings (SSSR count). The van der Waals surface area contributed by atoms with Crippen molar-refractivity contribution in [1.29, 1.82) is 0 Å². The van der Waals surface area contributed by atoms with Crippen LogP contribution in [0, 0.1) is 0 Å². The van der Waals surface area contributed by atoms with Crippen molar-refractivity contribution in [1.82, 2.24) is 0 Å². The fourth-order valence-corrected chi connectivity index (χ4v) is 1.40. The Hall–Kier alpha value is 0.137. The molecule has 0 heterocycles. The van der Waals surface area contributed by atoms with E-state index in [1.54, 1.807) is 7.11 Å². The Kier molecular flexibility index (Phi) is 5.37. The van der Waals surface area contributed by atoms with Gasteiger partial charge in [0.25, 0.3) is 0 Å². The lowest BCUT2D eigenvalue weighted by atomic mass is 10.9. The molecular formula is C5H13O2Si. The van der Waals surface area contributed by atoms with Crippen molar-refractivity contribution >= 4 is 9.28 Å². The summed E-state index contributed by atoms with van der Waals surface area (Å²) < 4.78 is 10.2. The normalized spacial score (nSPS) is 10.5. The van der Waals surface area contributed by atoms with Gasteiger partial charge in [0.15, 0.2) is 0 Å². The van der Waals surface area contributed by atoms with Gasteiger partial charge in [-0.15, -0.1) is 0 Å². The van der Waals surface area contributed by atoms with Crippen molar-refractivity contribution in [2.24, 2.45) is 0 Å². The van der Waals surface area contributed by atoms with E-state index in [1.807, 2.05) is 6.92 Å². The quantitative estimate of drug-likeness (QED) is 0.536. The van der Waals surface area contributed by atoms with Gasteiger partial charge in [0.2, 0.25) is 0 Å². The lowest BCUT2D eigenvalue weighted by molar-refractivity contribution is 0.242. The van der Waals surface area contributed by atoms with E-state index in [0.29, 0.717) is 0 Å². The maximum atomic E-state index is 5.22. The second kappa shape index (κ2) is 5.28. The lowest BCUT2D eigenvalue weighted by Crippen LogP contribution is -2.19. The molecule has 0 unspecified atom stereocenters. The summed E-state index contributed by atoms with van der Waals surface area (Å²) in [6, 6.07) is 1.02. The minimum atomic E-state index is -0.874. The van der Waals surface area contributed by atoms with E-state index >= 15 is 0 Å². The van der Waals surface area contributed by atoms with Gasteiger partial charge in [0, 0.05) is 13.7 Å². The van der Waals surface area contributed by atoms with Crippen LogP contribution in [0.15, 0.2) is 0 Å². The smallest absolute Gasteiger partial charge is 0.384 e. The van der Waals surface area contributed by atoms with Crippen LogP contribution in [0.1, 0.15) is 13.8 Å². The molecule has 0 aliphatic heterocycles. The number of hydrogen-bond donors (Lipinski definition) is 0. The maximum Gasteiger partial charge on any atom is 0.384 e. The molecule has 0 bridgehead atoms. The zero-order valence-electron chi connectivity index (χ0n) is 5.73. The van der Waals surface area contributed by atoms with Gasteiger partial charge in [-0.3, -0.25) is 0 Å². The van der Waals surface area contributed by atoms with Crippen LogP contribution in [0.5, 0.6) is 0 Å².